The lowest BCUT2D eigenvalue weighted by Gasteiger charge is -2.11. The van der Waals surface area contributed by atoms with Crippen LogP contribution in [0.2, 0.25) is 0 Å². The van der Waals surface area contributed by atoms with E-state index in [1.807, 2.05) is 6.07 Å². The highest BCUT2D eigenvalue weighted by atomic mass is 16.5. The highest BCUT2D eigenvalue weighted by Gasteiger charge is 2.16. The van der Waals surface area contributed by atoms with Crippen molar-refractivity contribution >= 4 is 0 Å². The molecule has 1 aliphatic rings. The minimum atomic E-state index is 0.164. The standard InChI is InChI=1S/C11H12N2O2/c12-7-10-11(4-1-5-13-10)15-8-9-3-2-6-14-9/h1,4-5,9H,2-3,6,8H2. The molecule has 1 unspecified atom stereocenters. The number of hydrogen-bond acceptors (Lipinski definition) is 4. The second-order valence-corrected chi connectivity index (χ2v) is 3.41. The zero-order valence-corrected chi connectivity index (χ0v) is 8.35. The summed E-state index contributed by atoms with van der Waals surface area (Å²) in [6, 6.07) is 5.50. The molecule has 0 aromatic carbocycles. The first kappa shape index (κ1) is 9.94. The predicted octanol–water partition coefficient (Wildman–Crippen LogP) is 1.51. The van der Waals surface area contributed by atoms with E-state index >= 15 is 0 Å². The van der Waals surface area contributed by atoms with Gasteiger partial charge in [-0.25, -0.2) is 4.98 Å². The summed E-state index contributed by atoms with van der Waals surface area (Å²) in [6.45, 7) is 1.31. The van der Waals surface area contributed by atoms with Gasteiger partial charge in [-0.05, 0) is 25.0 Å². The fourth-order valence-electron chi connectivity index (χ4n) is 1.55. The summed E-state index contributed by atoms with van der Waals surface area (Å²) >= 11 is 0. The van der Waals surface area contributed by atoms with Crippen LogP contribution in [-0.2, 0) is 4.74 Å². The Labute approximate surface area is 88.5 Å². The summed E-state index contributed by atoms with van der Waals surface area (Å²) in [5.41, 5.74) is 0.329. The Hall–Kier alpha value is -1.60. The molecule has 1 aromatic heterocycles. The molecule has 0 saturated carbocycles. The number of hydrogen-bond donors (Lipinski definition) is 0. The van der Waals surface area contributed by atoms with Gasteiger partial charge in [0.2, 0.25) is 0 Å². The molecule has 78 valence electrons. The Morgan fingerprint density at radius 1 is 1.67 bits per heavy atom. The van der Waals surface area contributed by atoms with E-state index in [1.165, 1.54) is 0 Å². The van der Waals surface area contributed by atoms with Gasteiger partial charge in [0.25, 0.3) is 0 Å². The largest absolute Gasteiger partial charge is 0.488 e. The maximum atomic E-state index is 8.79. The van der Waals surface area contributed by atoms with E-state index < -0.39 is 0 Å². The molecule has 0 amide bonds. The van der Waals surface area contributed by atoms with Crippen molar-refractivity contribution in [2.45, 2.75) is 18.9 Å². The van der Waals surface area contributed by atoms with Gasteiger partial charge in [-0.2, -0.15) is 5.26 Å². The van der Waals surface area contributed by atoms with Crippen molar-refractivity contribution in [3.05, 3.63) is 24.0 Å². The lowest BCUT2D eigenvalue weighted by atomic mass is 10.2. The van der Waals surface area contributed by atoms with E-state index in [9.17, 15) is 0 Å². The van der Waals surface area contributed by atoms with Crippen LogP contribution in [0.5, 0.6) is 5.75 Å². The summed E-state index contributed by atoms with van der Waals surface area (Å²) in [5.74, 6) is 0.538. The fourth-order valence-corrected chi connectivity index (χ4v) is 1.55. The van der Waals surface area contributed by atoms with Crippen LogP contribution in [-0.4, -0.2) is 24.3 Å². The van der Waals surface area contributed by atoms with Crippen molar-refractivity contribution in [2.75, 3.05) is 13.2 Å². The number of aromatic nitrogens is 1. The molecule has 0 aliphatic carbocycles. The molecule has 0 bridgehead atoms. The lowest BCUT2D eigenvalue weighted by Crippen LogP contribution is -2.16. The van der Waals surface area contributed by atoms with Crippen LogP contribution in [0.15, 0.2) is 18.3 Å². The molecular weight excluding hydrogens is 192 g/mol. The normalized spacial score (nSPS) is 19.8. The van der Waals surface area contributed by atoms with Crippen LogP contribution in [0.3, 0.4) is 0 Å². The monoisotopic (exact) mass is 204 g/mol. The lowest BCUT2D eigenvalue weighted by molar-refractivity contribution is 0.0677. The van der Waals surface area contributed by atoms with Gasteiger partial charge in [0.05, 0.1) is 6.10 Å². The number of rotatable bonds is 3. The van der Waals surface area contributed by atoms with Crippen LogP contribution >= 0.6 is 0 Å². The number of nitrogens with zero attached hydrogens (tertiary/aromatic N) is 2. The third-order valence-corrected chi connectivity index (χ3v) is 2.33. The van der Waals surface area contributed by atoms with E-state index in [0.717, 1.165) is 19.4 Å². The van der Waals surface area contributed by atoms with Gasteiger partial charge in [0, 0.05) is 12.8 Å². The molecule has 4 nitrogen and oxygen atoms in total. The number of ether oxygens (including phenoxy) is 2. The quantitative estimate of drug-likeness (QED) is 0.748. The maximum absolute atomic E-state index is 8.79. The van der Waals surface area contributed by atoms with Gasteiger partial charge in [-0.15, -0.1) is 0 Å². The van der Waals surface area contributed by atoms with Gasteiger partial charge in [-0.1, -0.05) is 0 Å². The zero-order valence-electron chi connectivity index (χ0n) is 8.35. The van der Waals surface area contributed by atoms with Crippen molar-refractivity contribution in [1.29, 1.82) is 5.26 Å². The van der Waals surface area contributed by atoms with Gasteiger partial charge < -0.3 is 9.47 Å². The predicted molar refractivity (Wildman–Crippen MR) is 53.4 cm³/mol. The van der Waals surface area contributed by atoms with Gasteiger partial charge in [0.1, 0.15) is 12.7 Å². The molecule has 15 heavy (non-hydrogen) atoms. The maximum Gasteiger partial charge on any atom is 0.182 e. The van der Waals surface area contributed by atoms with Crippen molar-refractivity contribution in [3.8, 4) is 11.8 Å². The first-order valence-corrected chi connectivity index (χ1v) is 4.99. The smallest absolute Gasteiger partial charge is 0.182 e. The highest BCUT2D eigenvalue weighted by molar-refractivity contribution is 5.36. The van der Waals surface area contributed by atoms with Crippen molar-refractivity contribution in [2.24, 2.45) is 0 Å². The molecule has 1 saturated heterocycles. The fraction of sp³-hybridized carbons (Fsp3) is 0.455. The molecule has 1 atom stereocenters. The molecule has 4 heteroatoms. The summed E-state index contributed by atoms with van der Waals surface area (Å²) < 4.78 is 10.9. The third-order valence-electron chi connectivity index (χ3n) is 2.33. The Kier molecular flexibility index (Phi) is 3.15. The van der Waals surface area contributed by atoms with Crippen LogP contribution in [0.25, 0.3) is 0 Å². The Morgan fingerprint density at radius 3 is 3.33 bits per heavy atom. The molecule has 2 rings (SSSR count). The number of pyridine rings is 1. The average molecular weight is 204 g/mol. The minimum absolute atomic E-state index is 0.164. The summed E-state index contributed by atoms with van der Waals surface area (Å²) in [5, 5.41) is 8.79. The highest BCUT2D eigenvalue weighted by Crippen LogP contribution is 2.17. The molecule has 1 fully saturated rings. The molecule has 0 radical (unpaired) electrons. The topological polar surface area (TPSA) is 55.1 Å². The van der Waals surface area contributed by atoms with Crippen LogP contribution in [0, 0.1) is 11.3 Å². The van der Waals surface area contributed by atoms with Crippen LogP contribution < -0.4 is 4.74 Å². The van der Waals surface area contributed by atoms with E-state index in [-0.39, 0.29) is 6.10 Å². The van der Waals surface area contributed by atoms with Crippen LogP contribution in [0.1, 0.15) is 18.5 Å². The number of nitriles is 1. The first-order chi connectivity index (χ1) is 7.40. The second kappa shape index (κ2) is 4.76. The summed E-state index contributed by atoms with van der Waals surface area (Å²) in [6.07, 6.45) is 3.86. The Bertz CT molecular complexity index is 367. The summed E-state index contributed by atoms with van der Waals surface area (Å²) in [7, 11) is 0. The van der Waals surface area contributed by atoms with Crippen molar-refractivity contribution in [1.82, 2.24) is 4.98 Å². The van der Waals surface area contributed by atoms with E-state index in [4.69, 9.17) is 14.7 Å². The molecule has 1 aliphatic heterocycles. The van der Waals surface area contributed by atoms with Crippen LogP contribution in [0.4, 0.5) is 0 Å². The minimum Gasteiger partial charge on any atom is -0.488 e. The van der Waals surface area contributed by atoms with Gasteiger partial charge >= 0.3 is 0 Å². The van der Waals surface area contributed by atoms with E-state index in [2.05, 4.69) is 4.98 Å². The summed E-state index contributed by atoms with van der Waals surface area (Å²) in [4.78, 5) is 3.92. The molecule has 2 heterocycles. The van der Waals surface area contributed by atoms with Crippen molar-refractivity contribution in [3.63, 3.8) is 0 Å². The Morgan fingerprint density at radius 2 is 2.60 bits per heavy atom. The van der Waals surface area contributed by atoms with E-state index in [1.54, 1.807) is 18.3 Å². The third kappa shape index (κ3) is 2.45. The van der Waals surface area contributed by atoms with E-state index in [0.29, 0.717) is 18.1 Å². The molecule has 0 spiro atoms. The Balaban J connectivity index is 1.95. The van der Waals surface area contributed by atoms with Crippen molar-refractivity contribution < 1.29 is 9.47 Å². The van der Waals surface area contributed by atoms with Gasteiger partial charge in [-0.3, -0.25) is 0 Å². The molecule has 1 aromatic rings. The zero-order chi connectivity index (χ0) is 10.5. The molecular formula is C11H12N2O2. The first-order valence-electron chi connectivity index (χ1n) is 4.99. The van der Waals surface area contributed by atoms with Gasteiger partial charge in [0.15, 0.2) is 11.4 Å². The SMILES string of the molecule is N#Cc1ncccc1OCC1CCCO1. The molecule has 0 N–H and O–H groups in total. The average Bonchev–Trinajstić information content (AvgIpc) is 2.79. The second-order valence-electron chi connectivity index (χ2n) is 3.41.